The van der Waals surface area contributed by atoms with Crippen LogP contribution < -0.4 is 11.1 Å². The van der Waals surface area contributed by atoms with Gasteiger partial charge in [-0.3, -0.25) is 4.79 Å². The van der Waals surface area contributed by atoms with E-state index in [2.05, 4.69) is 5.32 Å². The highest BCUT2D eigenvalue weighted by Gasteiger charge is 2.45. The lowest BCUT2D eigenvalue weighted by atomic mass is 9.84. The first kappa shape index (κ1) is 15.9. The molecule has 0 saturated heterocycles. The summed E-state index contributed by atoms with van der Waals surface area (Å²) in [5, 5.41) is 3.02. The highest BCUT2D eigenvalue weighted by atomic mass is 35.5. The first-order valence-electron chi connectivity index (χ1n) is 6.71. The Kier molecular flexibility index (Phi) is 4.66. The lowest BCUT2D eigenvalue weighted by Crippen LogP contribution is -2.41. The smallest absolute Gasteiger partial charge is 0.382 e. The van der Waals surface area contributed by atoms with Gasteiger partial charge in [0.1, 0.15) is 0 Å². The van der Waals surface area contributed by atoms with E-state index in [4.69, 9.17) is 17.3 Å². The van der Waals surface area contributed by atoms with Crippen molar-refractivity contribution in [1.29, 1.82) is 0 Å². The molecule has 0 spiro atoms. The van der Waals surface area contributed by atoms with E-state index < -0.39 is 24.0 Å². The van der Waals surface area contributed by atoms with Crippen LogP contribution in [0.5, 0.6) is 0 Å². The molecular formula is C14H16ClF3N2O. The number of halogens is 4. The zero-order valence-corrected chi connectivity index (χ0v) is 12.0. The van der Waals surface area contributed by atoms with Crippen molar-refractivity contribution in [3.8, 4) is 0 Å². The van der Waals surface area contributed by atoms with Crippen molar-refractivity contribution in [3.05, 3.63) is 28.8 Å². The molecule has 1 amide bonds. The second kappa shape index (κ2) is 6.13. The summed E-state index contributed by atoms with van der Waals surface area (Å²) in [6.07, 6.45) is -2.27. The van der Waals surface area contributed by atoms with Gasteiger partial charge in [-0.1, -0.05) is 24.4 Å². The number of carbonyl (C=O) groups is 1. The molecule has 7 heteroatoms. The van der Waals surface area contributed by atoms with Gasteiger partial charge in [-0.15, -0.1) is 0 Å². The van der Waals surface area contributed by atoms with Crippen LogP contribution in [0.25, 0.3) is 0 Å². The van der Waals surface area contributed by atoms with E-state index >= 15 is 0 Å². The van der Waals surface area contributed by atoms with Gasteiger partial charge in [-0.05, 0) is 31.0 Å². The van der Waals surface area contributed by atoms with E-state index in [9.17, 15) is 18.0 Å². The van der Waals surface area contributed by atoms with Crippen LogP contribution in [0.1, 0.15) is 36.0 Å². The maximum absolute atomic E-state index is 13.0. The summed E-state index contributed by atoms with van der Waals surface area (Å²) in [6, 6.07) is 3.70. The van der Waals surface area contributed by atoms with Gasteiger partial charge >= 0.3 is 6.18 Å². The van der Waals surface area contributed by atoms with Crippen molar-refractivity contribution < 1.29 is 18.0 Å². The molecule has 1 aliphatic carbocycles. The maximum Gasteiger partial charge on any atom is 0.393 e. The number of hydrogen-bond acceptors (Lipinski definition) is 2. The summed E-state index contributed by atoms with van der Waals surface area (Å²) in [7, 11) is 0. The quantitative estimate of drug-likeness (QED) is 0.885. The Hall–Kier alpha value is -1.43. The van der Waals surface area contributed by atoms with E-state index in [1.54, 1.807) is 0 Å². The Morgan fingerprint density at radius 3 is 2.52 bits per heavy atom. The normalized spacial score (nSPS) is 22.9. The van der Waals surface area contributed by atoms with Crippen LogP contribution in [-0.4, -0.2) is 18.1 Å². The molecule has 0 heterocycles. The van der Waals surface area contributed by atoms with Crippen LogP contribution >= 0.6 is 11.6 Å². The zero-order chi connectivity index (χ0) is 15.6. The number of alkyl halides is 3. The Balaban J connectivity index is 2.16. The fourth-order valence-corrected chi connectivity index (χ4v) is 2.99. The van der Waals surface area contributed by atoms with Crippen LogP contribution in [0.3, 0.4) is 0 Å². The molecule has 116 valence electrons. The highest BCUT2D eigenvalue weighted by molar-refractivity contribution is 6.34. The first-order valence-corrected chi connectivity index (χ1v) is 7.09. The largest absolute Gasteiger partial charge is 0.393 e. The molecule has 0 aliphatic heterocycles. The van der Waals surface area contributed by atoms with Crippen molar-refractivity contribution in [2.75, 3.05) is 5.32 Å². The SMILES string of the molecule is NC(=O)c1ccc(NC2CCCCC2C(F)(F)F)cc1Cl. The average Bonchev–Trinajstić information content (AvgIpc) is 2.37. The summed E-state index contributed by atoms with van der Waals surface area (Å²) in [6.45, 7) is 0. The zero-order valence-electron chi connectivity index (χ0n) is 11.2. The molecule has 21 heavy (non-hydrogen) atoms. The molecule has 1 aromatic carbocycles. The number of nitrogens with two attached hydrogens (primary N) is 1. The monoisotopic (exact) mass is 320 g/mol. The van der Waals surface area contributed by atoms with Gasteiger partial charge in [0.25, 0.3) is 0 Å². The van der Waals surface area contributed by atoms with Crippen molar-refractivity contribution in [2.24, 2.45) is 11.7 Å². The number of carbonyl (C=O) groups excluding carboxylic acids is 1. The predicted molar refractivity (Wildman–Crippen MR) is 75.4 cm³/mol. The van der Waals surface area contributed by atoms with Crippen molar-refractivity contribution >= 4 is 23.2 Å². The van der Waals surface area contributed by atoms with Crippen LogP contribution in [0.15, 0.2) is 18.2 Å². The number of rotatable bonds is 3. The average molecular weight is 321 g/mol. The second-order valence-electron chi connectivity index (χ2n) is 5.24. The van der Waals surface area contributed by atoms with E-state index in [0.717, 1.165) is 6.42 Å². The predicted octanol–water partition coefficient (Wildman–Crippen LogP) is 3.97. The third-order valence-corrected chi connectivity index (χ3v) is 4.09. The lowest BCUT2D eigenvalue weighted by molar-refractivity contribution is -0.184. The molecule has 1 saturated carbocycles. The third kappa shape index (κ3) is 3.81. The lowest BCUT2D eigenvalue weighted by Gasteiger charge is -2.34. The summed E-state index contributed by atoms with van der Waals surface area (Å²) in [5.41, 5.74) is 5.75. The van der Waals surface area contributed by atoms with Gasteiger partial charge in [-0.25, -0.2) is 0 Å². The number of nitrogens with one attached hydrogen (secondary N) is 1. The minimum Gasteiger partial charge on any atom is -0.382 e. The first-order chi connectivity index (χ1) is 9.79. The van der Waals surface area contributed by atoms with Crippen LogP contribution in [0, 0.1) is 5.92 Å². The molecule has 3 nitrogen and oxygen atoms in total. The number of amides is 1. The minimum absolute atomic E-state index is 0.131. The third-order valence-electron chi connectivity index (χ3n) is 3.77. The van der Waals surface area contributed by atoms with Crippen LogP contribution in [0.4, 0.5) is 18.9 Å². The maximum atomic E-state index is 13.0. The molecule has 3 N–H and O–H groups in total. The summed E-state index contributed by atoms with van der Waals surface area (Å²) in [5.74, 6) is -2.03. The molecule has 2 rings (SSSR count). The number of anilines is 1. The van der Waals surface area contributed by atoms with Gasteiger partial charge in [-0.2, -0.15) is 13.2 Å². The van der Waals surface area contributed by atoms with Gasteiger partial charge in [0.15, 0.2) is 0 Å². The second-order valence-corrected chi connectivity index (χ2v) is 5.65. The molecule has 1 aromatic rings. The van der Waals surface area contributed by atoms with E-state index in [1.807, 2.05) is 0 Å². The van der Waals surface area contributed by atoms with E-state index in [0.29, 0.717) is 18.5 Å². The minimum atomic E-state index is -4.21. The molecule has 2 unspecified atom stereocenters. The number of primary amides is 1. The van der Waals surface area contributed by atoms with Crippen molar-refractivity contribution in [2.45, 2.75) is 37.9 Å². The van der Waals surface area contributed by atoms with Crippen molar-refractivity contribution in [1.82, 2.24) is 0 Å². The molecule has 0 radical (unpaired) electrons. The van der Waals surface area contributed by atoms with Gasteiger partial charge in [0, 0.05) is 11.7 Å². The standard InChI is InChI=1S/C14H16ClF3N2O/c15-11-7-8(5-6-9(11)13(19)21)20-12-4-2-1-3-10(12)14(16,17)18/h5-7,10,12,20H,1-4H2,(H2,19,21). The van der Waals surface area contributed by atoms with Gasteiger partial charge < -0.3 is 11.1 Å². The number of hydrogen-bond donors (Lipinski definition) is 2. The van der Waals surface area contributed by atoms with Crippen molar-refractivity contribution in [3.63, 3.8) is 0 Å². The fourth-order valence-electron chi connectivity index (χ4n) is 2.71. The molecule has 1 aliphatic rings. The Labute approximate surface area is 125 Å². The molecule has 0 bridgehead atoms. The van der Waals surface area contributed by atoms with Gasteiger partial charge in [0.05, 0.1) is 16.5 Å². The molecular weight excluding hydrogens is 305 g/mol. The van der Waals surface area contributed by atoms with Crippen LogP contribution in [-0.2, 0) is 0 Å². The highest BCUT2D eigenvalue weighted by Crippen LogP contribution is 2.39. The fraction of sp³-hybridized carbons (Fsp3) is 0.500. The number of benzene rings is 1. The Bertz CT molecular complexity index is 533. The van der Waals surface area contributed by atoms with E-state index in [1.165, 1.54) is 18.2 Å². The topological polar surface area (TPSA) is 55.1 Å². The molecule has 1 fully saturated rings. The van der Waals surface area contributed by atoms with E-state index in [-0.39, 0.29) is 17.0 Å². The molecule has 2 atom stereocenters. The van der Waals surface area contributed by atoms with Crippen LogP contribution in [0.2, 0.25) is 5.02 Å². The summed E-state index contributed by atoms with van der Waals surface area (Å²) >= 11 is 5.91. The Morgan fingerprint density at radius 2 is 1.95 bits per heavy atom. The summed E-state index contributed by atoms with van der Waals surface area (Å²) in [4.78, 5) is 11.1. The Morgan fingerprint density at radius 1 is 1.29 bits per heavy atom. The summed E-state index contributed by atoms with van der Waals surface area (Å²) < 4.78 is 39.0. The molecule has 0 aromatic heterocycles. The van der Waals surface area contributed by atoms with Gasteiger partial charge in [0.2, 0.25) is 5.91 Å².